The Kier molecular flexibility index (Phi) is 5.48. The van der Waals surface area contributed by atoms with E-state index in [9.17, 15) is 9.59 Å². The maximum atomic E-state index is 11.4. The predicted octanol–water partition coefficient (Wildman–Crippen LogP) is 2.51. The number of hydrogen-bond donors (Lipinski definition) is 0. The Hall–Kier alpha value is -1.06. The van der Waals surface area contributed by atoms with Gasteiger partial charge in [-0.1, -0.05) is 34.6 Å². The summed E-state index contributed by atoms with van der Waals surface area (Å²) in [5.74, 6) is -0.934. The Bertz CT molecular complexity index is 250. The lowest BCUT2D eigenvalue weighted by Crippen LogP contribution is -2.26. The van der Waals surface area contributed by atoms with E-state index in [0.717, 1.165) is 0 Å². The molecular formula is C12H22O4. The number of esters is 2. The van der Waals surface area contributed by atoms with Gasteiger partial charge in [0.2, 0.25) is 6.29 Å². The van der Waals surface area contributed by atoms with E-state index in [1.807, 2.05) is 20.8 Å². The summed E-state index contributed by atoms with van der Waals surface area (Å²) in [6, 6.07) is 0. The van der Waals surface area contributed by atoms with Crippen LogP contribution < -0.4 is 0 Å². The van der Waals surface area contributed by atoms with Crippen LogP contribution >= 0.6 is 0 Å². The molecule has 0 heterocycles. The monoisotopic (exact) mass is 230 g/mol. The fraction of sp³-hybridized carbons (Fsp3) is 0.833. The van der Waals surface area contributed by atoms with Crippen molar-refractivity contribution in [2.24, 2.45) is 11.3 Å². The molecule has 0 aliphatic heterocycles. The standard InChI is InChI=1S/C12H22O4/c1-8(2)11(14)16-9(3)15-10(13)7-12(4,5)6/h8-9H,7H2,1-6H3. The lowest BCUT2D eigenvalue weighted by atomic mass is 9.92. The van der Waals surface area contributed by atoms with Gasteiger partial charge >= 0.3 is 11.9 Å². The highest BCUT2D eigenvalue weighted by atomic mass is 16.7. The largest absolute Gasteiger partial charge is 0.425 e. The molecule has 0 rings (SSSR count). The van der Waals surface area contributed by atoms with Gasteiger partial charge in [0.05, 0.1) is 12.3 Å². The quantitative estimate of drug-likeness (QED) is 0.550. The minimum absolute atomic E-state index is 0.126. The number of rotatable bonds is 4. The zero-order chi connectivity index (χ0) is 12.9. The van der Waals surface area contributed by atoms with Crippen molar-refractivity contribution in [3.8, 4) is 0 Å². The Labute approximate surface area is 97.3 Å². The molecule has 0 N–H and O–H groups in total. The van der Waals surface area contributed by atoms with Crippen LogP contribution in [-0.4, -0.2) is 18.2 Å². The van der Waals surface area contributed by atoms with Gasteiger partial charge in [0, 0.05) is 6.92 Å². The van der Waals surface area contributed by atoms with Crippen LogP contribution in [0.1, 0.15) is 48.0 Å². The molecule has 0 bridgehead atoms. The van der Waals surface area contributed by atoms with E-state index in [0.29, 0.717) is 6.42 Å². The van der Waals surface area contributed by atoms with Gasteiger partial charge in [-0.3, -0.25) is 9.59 Å². The number of carbonyl (C=O) groups is 2. The van der Waals surface area contributed by atoms with Crippen molar-refractivity contribution in [3.05, 3.63) is 0 Å². The number of ether oxygens (including phenoxy) is 2. The summed E-state index contributed by atoms with van der Waals surface area (Å²) in [6.07, 6.45) is -0.513. The van der Waals surface area contributed by atoms with E-state index in [1.165, 1.54) is 0 Å². The van der Waals surface area contributed by atoms with Gasteiger partial charge in [-0.25, -0.2) is 0 Å². The lowest BCUT2D eigenvalue weighted by molar-refractivity contribution is -0.187. The molecule has 0 saturated carbocycles. The molecule has 94 valence electrons. The SMILES string of the molecule is CC(OC(=O)CC(C)(C)C)OC(=O)C(C)C. The molecule has 0 aromatic carbocycles. The minimum atomic E-state index is -0.815. The average molecular weight is 230 g/mol. The van der Waals surface area contributed by atoms with Crippen LogP contribution in [0.15, 0.2) is 0 Å². The molecule has 0 radical (unpaired) electrons. The molecule has 1 atom stereocenters. The van der Waals surface area contributed by atoms with Crippen LogP contribution in [0, 0.1) is 11.3 Å². The Morgan fingerprint density at radius 3 is 1.94 bits per heavy atom. The third-order valence-electron chi connectivity index (χ3n) is 1.73. The van der Waals surface area contributed by atoms with Crippen molar-refractivity contribution < 1.29 is 19.1 Å². The van der Waals surface area contributed by atoms with Gasteiger partial charge in [-0.15, -0.1) is 0 Å². The van der Waals surface area contributed by atoms with E-state index in [4.69, 9.17) is 9.47 Å². The first-order chi connectivity index (χ1) is 7.11. The molecule has 0 amide bonds. The summed E-state index contributed by atoms with van der Waals surface area (Å²) in [5.41, 5.74) is -0.126. The highest BCUT2D eigenvalue weighted by Crippen LogP contribution is 2.19. The zero-order valence-electron chi connectivity index (χ0n) is 11.0. The van der Waals surface area contributed by atoms with Gasteiger partial charge in [0.1, 0.15) is 0 Å². The molecule has 4 heteroatoms. The maximum Gasteiger partial charge on any atom is 0.311 e. The van der Waals surface area contributed by atoms with Crippen molar-refractivity contribution in [2.45, 2.75) is 54.3 Å². The highest BCUT2D eigenvalue weighted by Gasteiger charge is 2.21. The van der Waals surface area contributed by atoms with E-state index in [1.54, 1.807) is 20.8 Å². The van der Waals surface area contributed by atoms with E-state index in [-0.39, 0.29) is 23.3 Å². The van der Waals surface area contributed by atoms with Crippen molar-refractivity contribution in [1.82, 2.24) is 0 Å². The second-order valence-electron chi connectivity index (χ2n) is 5.39. The molecule has 0 aliphatic rings. The summed E-state index contributed by atoms with van der Waals surface area (Å²) in [6.45, 7) is 10.8. The van der Waals surface area contributed by atoms with Gasteiger partial charge in [0.15, 0.2) is 0 Å². The van der Waals surface area contributed by atoms with Crippen LogP contribution in [-0.2, 0) is 19.1 Å². The van der Waals surface area contributed by atoms with Crippen molar-refractivity contribution in [3.63, 3.8) is 0 Å². The van der Waals surface area contributed by atoms with Gasteiger partial charge in [0.25, 0.3) is 0 Å². The second-order valence-corrected chi connectivity index (χ2v) is 5.39. The smallest absolute Gasteiger partial charge is 0.311 e. The van der Waals surface area contributed by atoms with Crippen LogP contribution in [0.5, 0.6) is 0 Å². The van der Waals surface area contributed by atoms with Crippen molar-refractivity contribution >= 4 is 11.9 Å². The maximum absolute atomic E-state index is 11.4. The molecular weight excluding hydrogens is 208 g/mol. The van der Waals surface area contributed by atoms with Crippen LogP contribution in [0.25, 0.3) is 0 Å². The van der Waals surface area contributed by atoms with E-state index < -0.39 is 6.29 Å². The first-order valence-corrected chi connectivity index (χ1v) is 5.52. The van der Waals surface area contributed by atoms with Crippen LogP contribution in [0.2, 0.25) is 0 Å². The summed E-state index contributed by atoms with van der Waals surface area (Å²) >= 11 is 0. The van der Waals surface area contributed by atoms with Crippen molar-refractivity contribution in [2.75, 3.05) is 0 Å². The summed E-state index contributed by atoms with van der Waals surface area (Å²) in [5, 5.41) is 0. The predicted molar refractivity (Wildman–Crippen MR) is 60.6 cm³/mol. The lowest BCUT2D eigenvalue weighted by Gasteiger charge is -2.19. The molecule has 16 heavy (non-hydrogen) atoms. The fourth-order valence-corrected chi connectivity index (χ4v) is 0.984. The first-order valence-electron chi connectivity index (χ1n) is 5.52. The van der Waals surface area contributed by atoms with E-state index in [2.05, 4.69) is 0 Å². The van der Waals surface area contributed by atoms with Crippen LogP contribution in [0.3, 0.4) is 0 Å². The van der Waals surface area contributed by atoms with Crippen molar-refractivity contribution in [1.29, 1.82) is 0 Å². The summed E-state index contributed by atoms with van der Waals surface area (Å²) in [7, 11) is 0. The minimum Gasteiger partial charge on any atom is -0.425 e. The first kappa shape index (κ1) is 14.9. The second kappa shape index (κ2) is 5.87. The third-order valence-corrected chi connectivity index (χ3v) is 1.73. The van der Waals surface area contributed by atoms with Gasteiger partial charge < -0.3 is 9.47 Å². The number of hydrogen-bond acceptors (Lipinski definition) is 4. The topological polar surface area (TPSA) is 52.6 Å². The Balaban J connectivity index is 4.01. The molecule has 4 nitrogen and oxygen atoms in total. The molecule has 0 aliphatic carbocycles. The molecule has 0 aromatic heterocycles. The normalized spacial score (nSPS) is 13.4. The fourth-order valence-electron chi connectivity index (χ4n) is 0.984. The molecule has 1 unspecified atom stereocenters. The van der Waals surface area contributed by atoms with Gasteiger partial charge in [-0.05, 0) is 5.41 Å². The summed E-state index contributed by atoms with van der Waals surface area (Å²) in [4.78, 5) is 22.6. The van der Waals surface area contributed by atoms with Crippen LogP contribution in [0.4, 0.5) is 0 Å². The molecule has 0 spiro atoms. The molecule has 0 aromatic rings. The Morgan fingerprint density at radius 2 is 1.56 bits per heavy atom. The summed E-state index contributed by atoms with van der Waals surface area (Å²) < 4.78 is 9.88. The highest BCUT2D eigenvalue weighted by molar-refractivity contribution is 5.72. The Morgan fingerprint density at radius 1 is 1.06 bits per heavy atom. The average Bonchev–Trinajstić information content (AvgIpc) is 1.98. The number of carbonyl (C=O) groups excluding carboxylic acids is 2. The molecule has 0 fully saturated rings. The third kappa shape index (κ3) is 7.26. The van der Waals surface area contributed by atoms with Gasteiger partial charge in [-0.2, -0.15) is 0 Å². The zero-order valence-corrected chi connectivity index (χ0v) is 11.0. The van der Waals surface area contributed by atoms with E-state index >= 15 is 0 Å². The molecule has 0 saturated heterocycles.